The predicted molar refractivity (Wildman–Crippen MR) is 83.2 cm³/mol. The number of benzene rings is 1. The maximum Gasteiger partial charge on any atom is 0.328 e. The number of amides is 1. The van der Waals surface area contributed by atoms with Gasteiger partial charge in [-0.1, -0.05) is 24.3 Å². The molecule has 1 aromatic heterocycles. The van der Waals surface area contributed by atoms with Crippen molar-refractivity contribution >= 4 is 29.3 Å². The van der Waals surface area contributed by atoms with Gasteiger partial charge in [0.25, 0.3) is 5.91 Å². The molecule has 2 aromatic rings. The summed E-state index contributed by atoms with van der Waals surface area (Å²) in [5.74, 6) is -0.998. The van der Waals surface area contributed by atoms with Crippen LogP contribution < -0.4 is 0 Å². The molecule has 4 nitrogen and oxygen atoms in total. The summed E-state index contributed by atoms with van der Waals surface area (Å²) in [6, 6.07) is 11.1. The number of carbonyl (C=O) groups is 2. The fraction of sp³-hybridized carbons (Fsp3) is 0.125. The second-order valence-electron chi connectivity index (χ2n) is 4.56. The minimum atomic E-state index is -0.981. The average Bonchev–Trinajstić information content (AvgIpc) is 2.98. The van der Waals surface area contributed by atoms with E-state index in [9.17, 15) is 9.59 Å². The summed E-state index contributed by atoms with van der Waals surface area (Å²) in [4.78, 5) is 25.0. The summed E-state index contributed by atoms with van der Waals surface area (Å²) < 4.78 is 0. The SMILES string of the molecule is CN(Cc1cccc(C=CC(=O)O)c1)C(=O)c1cccs1. The lowest BCUT2D eigenvalue weighted by Crippen LogP contribution is -2.25. The van der Waals surface area contributed by atoms with Crippen LogP contribution in [0, 0.1) is 0 Å². The molecule has 21 heavy (non-hydrogen) atoms. The van der Waals surface area contributed by atoms with Crippen molar-refractivity contribution in [2.45, 2.75) is 6.54 Å². The molecule has 0 radical (unpaired) electrons. The average molecular weight is 301 g/mol. The second kappa shape index (κ2) is 6.85. The van der Waals surface area contributed by atoms with Gasteiger partial charge in [-0.2, -0.15) is 0 Å². The molecule has 0 unspecified atom stereocenters. The van der Waals surface area contributed by atoms with Crippen LogP contribution >= 0.6 is 11.3 Å². The van der Waals surface area contributed by atoms with E-state index in [0.717, 1.165) is 17.2 Å². The van der Waals surface area contributed by atoms with Crippen LogP contribution in [0.5, 0.6) is 0 Å². The van der Waals surface area contributed by atoms with E-state index in [0.29, 0.717) is 11.4 Å². The Balaban J connectivity index is 2.07. The van der Waals surface area contributed by atoms with Crippen LogP contribution in [0.25, 0.3) is 6.08 Å². The molecule has 0 saturated heterocycles. The molecular formula is C16H15NO3S. The molecule has 1 amide bonds. The molecule has 0 atom stereocenters. The zero-order chi connectivity index (χ0) is 15.2. The molecule has 0 aliphatic rings. The molecule has 0 aliphatic heterocycles. The molecule has 2 rings (SSSR count). The smallest absolute Gasteiger partial charge is 0.328 e. The third kappa shape index (κ3) is 4.29. The summed E-state index contributed by atoms with van der Waals surface area (Å²) in [6.45, 7) is 0.478. The number of nitrogens with zero attached hydrogens (tertiary/aromatic N) is 1. The van der Waals surface area contributed by atoms with Gasteiger partial charge in [0.1, 0.15) is 0 Å². The number of thiophene rings is 1. The Kier molecular flexibility index (Phi) is 4.90. The van der Waals surface area contributed by atoms with E-state index in [1.54, 1.807) is 18.0 Å². The highest BCUT2D eigenvalue weighted by atomic mass is 32.1. The van der Waals surface area contributed by atoms with E-state index in [4.69, 9.17) is 5.11 Å². The van der Waals surface area contributed by atoms with Crippen LogP contribution in [0.3, 0.4) is 0 Å². The number of hydrogen-bond donors (Lipinski definition) is 1. The van der Waals surface area contributed by atoms with Gasteiger partial charge in [0.05, 0.1) is 4.88 Å². The molecule has 1 aromatic carbocycles. The van der Waals surface area contributed by atoms with Gasteiger partial charge in [-0.15, -0.1) is 11.3 Å². The zero-order valence-electron chi connectivity index (χ0n) is 11.5. The van der Waals surface area contributed by atoms with Gasteiger partial charge in [-0.3, -0.25) is 4.79 Å². The van der Waals surface area contributed by atoms with Gasteiger partial charge in [0, 0.05) is 19.7 Å². The Morgan fingerprint density at radius 1 is 1.29 bits per heavy atom. The van der Waals surface area contributed by atoms with Crippen molar-refractivity contribution in [1.82, 2.24) is 4.90 Å². The lowest BCUT2D eigenvalue weighted by atomic mass is 10.1. The Morgan fingerprint density at radius 2 is 2.10 bits per heavy atom. The standard InChI is InChI=1S/C16H15NO3S/c1-17(16(20)14-6-3-9-21-14)11-13-5-2-4-12(10-13)7-8-15(18)19/h2-10H,11H2,1H3,(H,18,19). The first-order valence-electron chi connectivity index (χ1n) is 6.35. The third-order valence-electron chi connectivity index (χ3n) is 2.87. The first-order chi connectivity index (χ1) is 10.1. The number of hydrogen-bond acceptors (Lipinski definition) is 3. The Bertz CT molecular complexity index is 662. The van der Waals surface area contributed by atoms with Crippen LogP contribution in [-0.2, 0) is 11.3 Å². The summed E-state index contributed by atoms with van der Waals surface area (Å²) >= 11 is 1.42. The molecule has 0 aliphatic carbocycles. The van der Waals surface area contributed by atoms with Crippen molar-refractivity contribution in [1.29, 1.82) is 0 Å². The minimum absolute atomic E-state index is 0.0171. The van der Waals surface area contributed by atoms with E-state index in [1.807, 2.05) is 35.7 Å². The molecule has 0 spiro atoms. The minimum Gasteiger partial charge on any atom is -0.478 e. The highest BCUT2D eigenvalue weighted by Gasteiger charge is 2.12. The van der Waals surface area contributed by atoms with E-state index < -0.39 is 5.97 Å². The fourth-order valence-electron chi connectivity index (χ4n) is 1.90. The van der Waals surface area contributed by atoms with Gasteiger partial charge in [-0.25, -0.2) is 4.79 Å². The molecule has 1 N–H and O–H groups in total. The van der Waals surface area contributed by atoms with Gasteiger partial charge in [0.2, 0.25) is 0 Å². The molecule has 1 heterocycles. The maximum atomic E-state index is 12.2. The molecular weight excluding hydrogens is 286 g/mol. The zero-order valence-corrected chi connectivity index (χ0v) is 12.3. The topological polar surface area (TPSA) is 57.6 Å². The van der Waals surface area contributed by atoms with Gasteiger partial charge < -0.3 is 10.0 Å². The first-order valence-corrected chi connectivity index (χ1v) is 7.23. The van der Waals surface area contributed by atoms with Crippen molar-refractivity contribution in [3.63, 3.8) is 0 Å². The van der Waals surface area contributed by atoms with Crippen LogP contribution in [0.2, 0.25) is 0 Å². The van der Waals surface area contributed by atoms with Crippen molar-refractivity contribution in [3.05, 3.63) is 63.9 Å². The van der Waals surface area contributed by atoms with Crippen molar-refractivity contribution in [2.24, 2.45) is 0 Å². The summed E-state index contributed by atoms with van der Waals surface area (Å²) in [6.07, 6.45) is 2.63. The van der Waals surface area contributed by atoms with E-state index in [2.05, 4.69) is 0 Å². The first kappa shape index (κ1) is 15.0. The van der Waals surface area contributed by atoms with Crippen LogP contribution in [0.4, 0.5) is 0 Å². The number of carbonyl (C=O) groups excluding carboxylic acids is 1. The van der Waals surface area contributed by atoms with Crippen molar-refractivity contribution in [3.8, 4) is 0 Å². The van der Waals surface area contributed by atoms with Gasteiger partial charge >= 0.3 is 5.97 Å². The van der Waals surface area contributed by atoms with Gasteiger partial charge in [-0.05, 0) is 34.7 Å². The van der Waals surface area contributed by atoms with E-state index in [-0.39, 0.29) is 5.91 Å². The summed E-state index contributed by atoms with van der Waals surface area (Å²) in [5, 5.41) is 10.5. The van der Waals surface area contributed by atoms with E-state index in [1.165, 1.54) is 17.4 Å². The Hall–Kier alpha value is -2.40. The highest BCUT2D eigenvalue weighted by molar-refractivity contribution is 7.12. The van der Waals surface area contributed by atoms with Crippen LogP contribution in [0.1, 0.15) is 20.8 Å². The molecule has 0 fully saturated rings. The molecule has 108 valence electrons. The molecule has 0 saturated carbocycles. The van der Waals surface area contributed by atoms with Crippen LogP contribution in [-0.4, -0.2) is 28.9 Å². The molecule has 5 heteroatoms. The number of aliphatic carboxylic acids is 1. The largest absolute Gasteiger partial charge is 0.478 e. The predicted octanol–water partition coefficient (Wildman–Crippen LogP) is 3.12. The highest BCUT2D eigenvalue weighted by Crippen LogP contribution is 2.14. The molecule has 0 bridgehead atoms. The van der Waals surface area contributed by atoms with Crippen molar-refractivity contribution < 1.29 is 14.7 Å². The lowest BCUT2D eigenvalue weighted by molar-refractivity contribution is -0.131. The lowest BCUT2D eigenvalue weighted by Gasteiger charge is -2.16. The number of rotatable bonds is 5. The fourth-order valence-corrected chi connectivity index (χ4v) is 2.61. The second-order valence-corrected chi connectivity index (χ2v) is 5.50. The summed E-state index contributed by atoms with van der Waals surface area (Å²) in [7, 11) is 1.75. The number of carboxylic acids is 1. The van der Waals surface area contributed by atoms with Crippen LogP contribution in [0.15, 0.2) is 47.9 Å². The van der Waals surface area contributed by atoms with E-state index >= 15 is 0 Å². The third-order valence-corrected chi connectivity index (χ3v) is 3.73. The quantitative estimate of drug-likeness (QED) is 0.863. The normalized spacial score (nSPS) is 10.7. The number of carboxylic acid groups (broad SMARTS) is 1. The summed E-state index contributed by atoms with van der Waals surface area (Å²) in [5.41, 5.74) is 1.75. The van der Waals surface area contributed by atoms with Crippen molar-refractivity contribution in [2.75, 3.05) is 7.05 Å². The maximum absolute atomic E-state index is 12.2. The Morgan fingerprint density at radius 3 is 2.76 bits per heavy atom. The van der Waals surface area contributed by atoms with Gasteiger partial charge in [0.15, 0.2) is 0 Å². The monoisotopic (exact) mass is 301 g/mol. The Labute approximate surface area is 127 Å².